The van der Waals surface area contributed by atoms with Crippen molar-refractivity contribution in [3.63, 3.8) is 0 Å². The Hall–Kier alpha value is -1.22. The molecule has 0 rings (SSSR count). The van der Waals surface area contributed by atoms with Gasteiger partial charge in [0, 0.05) is 0 Å². The number of hydrogen-bond acceptors (Lipinski definition) is 3. The molecule has 0 amide bonds. The van der Waals surface area contributed by atoms with Gasteiger partial charge in [-0.15, -0.1) is 0 Å². The number of aliphatic hydroxyl groups is 1. The van der Waals surface area contributed by atoms with E-state index in [-0.39, 0.29) is 13.2 Å². The highest BCUT2D eigenvalue weighted by Crippen LogP contribution is 2.11. The molecule has 0 aromatic rings. The molecule has 1 N–H and O–H groups in total. The quantitative estimate of drug-likeness (QED) is 0.503. The number of ether oxygens (including phenoxy) is 2. The summed E-state index contributed by atoms with van der Waals surface area (Å²) in [5.74, 6) is 0.931. The van der Waals surface area contributed by atoms with Crippen LogP contribution >= 0.6 is 0 Å². The zero-order valence-electron chi connectivity index (χ0n) is 8.17. The minimum Gasteiger partial charge on any atom is -0.493 e. The van der Waals surface area contributed by atoms with Crippen LogP contribution in [0, 0.1) is 0 Å². The maximum absolute atomic E-state index is 8.51. The van der Waals surface area contributed by atoms with Gasteiger partial charge < -0.3 is 14.6 Å². The lowest BCUT2D eigenvalue weighted by Crippen LogP contribution is -2.02. The van der Waals surface area contributed by atoms with Crippen molar-refractivity contribution in [3.05, 3.63) is 36.3 Å². The maximum Gasteiger partial charge on any atom is 0.160 e. The van der Waals surface area contributed by atoms with Gasteiger partial charge in [-0.2, -0.15) is 0 Å². The summed E-state index contributed by atoms with van der Waals surface area (Å²) in [6, 6.07) is 0. The third-order valence-corrected chi connectivity index (χ3v) is 1.24. The highest BCUT2D eigenvalue weighted by atomic mass is 16.5. The van der Waals surface area contributed by atoms with Crippen LogP contribution in [-0.2, 0) is 9.47 Å². The van der Waals surface area contributed by atoms with Crippen molar-refractivity contribution in [3.8, 4) is 0 Å². The van der Waals surface area contributed by atoms with Gasteiger partial charge in [0.1, 0.15) is 6.61 Å². The highest BCUT2D eigenvalue weighted by molar-refractivity contribution is 5.25. The minimum atomic E-state index is -0.0386. The monoisotopic (exact) mass is 184 g/mol. The van der Waals surface area contributed by atoms with Gasteiger partial charge in [-0.05, 0) is 13.0 Å². The third kappa shape index (κ3) is 5.09. The van der Waals surface area contributed by atoms with Crippen LogP contribution < -0.4 is 0 Å². The normalized spacial score (nSPS) is 10.8. The summed E-state index contributed by atoms with van der Waals surface area (Å²) in [5, 5.41) is 8.51. The Kier molecular flexibility index (Phi) is 5.72. The van der Waals surface area contributed by atoms with E-state index < -0.39 is 0 Å². The average molecular weight is 184 g/mol. The van der Waals surface area contributed by atoms with Crippen LogP contribution in [0.1, 0.15) is 6.92 Å². The summed E-state index contributed by atoms with van der Waals surface area (Å²) < 4.78 is 10.1. The summed E-state index contributed by atoms with van der Waals surface area (Å²) in [4.78, 5) is 0. The molecule has 0 atom stereocenters. The molecular formula is C10H16O3. The Morgan fingerprint density at radius 2 is 2.08 bits per heavy atom. The molecule has 0 aromatic carbocycles. The van der Waals surface area contributed by atoms with Gasteiger partial charge in [-0.1, -0.05) is 18.7 Å². The number of allylic oxidation sites excluding steroid dienone is 2. The van der Waals surface area contributed by atoms with Crippen molar-refractivity contribution < 1.29 is 14.6 Å². The topological polar surface area (TPSA) is 38.7 Å². The summed E-state index contributed by atoms with van der Waals surface area (Å²) in [6.45, 7) is 9.38. The molecule has 0 saturated carbocycles. The van der Waals surface area contributed by atoms with Gasteiger partial charge in [-0.25, -0.2) is 0 Å². The van der Waals surface area contributed by atoms with E-state index in [4.69, 9.17) is 14.6 Å². The van der Waals surface area contributed by atoms with E-state index in [1.165, 1.54) is 7.11 Å². The molecule has 13 heavy (non-hydrogen) atoms. The van der Waals surface area contributed by atoms with Crippen LogP contribution in [0.25, 0.3) is 0 Å². The van der Waals surface area contributed by atoms with Gasteiger partial charge in [0.25, 0.3) is 0 Å². The second-order valence-electron chi connectivity index (χ2n) is 2.55. The van der Waals surface area contributed by atoms with E-state index in [1.807, 2.05) is 6.92 Å². The summed E-state index contributed by atoms with van der Waals surface area (Å²) in [6.07, 6.45) is 1.72. The van der Waals surface area contributed by atoms with Crippen LogP contribution in [0.15, 0.2) is 36.3 Å². The Morgan fingerprint density at radius 3 is 2.46 bits per heavy atom. The largest absolute Gasteiger partial charge is 0.493 e. The summed E-state index contributed by atoms with van der Waals surface area (Å²) in [7, 11) is 1.53. The van der Waals surface area contributed by atoms with Crippen LogP contribution in [0.2, 0.25) is 0 Å². The van der Waals surface area contributed by atoms with E-state index in [0.717, 1.165) is 5.57 Å². The van der Waals surface area contributed by atoms with Gasteiger partial charge in [0.2, 0.25) is 0 Å². The molecular weight excluding hydrogens is 168 g/mol. The predicted molar refractivity (Wildman–Crippen MR) is 52.1 cm³/mol. The molecule has 0 unspecified atom stereocenters. The zero-order valence-corrected chi connectivity index (χ0v) is 8.17. The first kappa shape index (κ1) is 11.8. The van der Waals surface area contributed by atoms with Crippen molar-refractivity contribution in [1.29, 1.82) is 0 Å². The first-order chi connectivity index (χ1) is 6.11. The van der Waals surface area contributed by atoms with Crippen molar-refractivity contribution in [2.24, 2.45) is 0 Å². The average Bonchev–Trinajstić information content (AvgIpc) is 2.09. The molecule has 3 heteroatoms. The fourth-order valence-electron chi connectivity index (χ4n) is 0.717. The number of hydrogen-bond donors (Lipinski definition) is 1. The smallest absolute Gasteiger partial charge is 0.160 e. The van der Waals surface area contributed by atoms with E-state index in [2.05, 4.69) is 13.2 Å². The van der Waals surface area contributed by atoms with Gasteiger partial charge in [0.15, 0.2) is 11.5 Å². The fraction of sp³-hybridized carbons (Fsp3) is 0.400. The molecule has 0 heterocycles. The first-order valence-corrected chi connectivity index (χ1v) is 3.96. The third-order valence-electron chi connectivity index (χ3n) is 1.24. The van der Waals surface area contributed by atoms with E-state index in [1.54, 1.807) is 6.08 Å². The Bertz CT molecular complexity index is 216. The molecule has 3 nitrogen and oxygen atoms in total. The molecule has 74 valence electrons. The van der Waals surface area contributed by atoms with E-state index in [9.17, 15) is 0 Å². The molecule has 0 aliphatic rings. The van der Waals surface area contributed by atoms with Gasteiger partial charge in [0.05, 0.1) is 13.7 Å². The molecule has 0 saturated heterocycles. The molecule has 0 aliphatic heterocycles. The van der Waals surface area contributed by atoms with Crippen LogP contribution in [0.5, 0.6) is 0 Å². The van der Waals surface area contributed by atoms with Crippen LogP contribution in [0.4, 0.5) is 0 Å². The van der Waals surface area contributed by atoms with Crippen LogP contribution in [-0.4, -0.2) is 25.4 Å². The summed E-state index contributed by atoms with van der Waals surface area (Å²) >= 11 is 0. The molecule has 0 aliphatic carbocycles. The SMILES string of the molecule is C=C(C)/C=C(/OC)C(=C)OCCO. The standard InChI is InChI=1S/C10H16O3/c1-8(2)7-10(12-4)9(3)13-6-5-11/h7,11H,1,3,5-6H2,2,4H3/b10-7+. The van der Waals surface area contributed by atoms with E-state index in [0.29, 0.717) is 11.5 Å². The molecule has 0 spiro atoms. The lowest BCUT2D eigenvalue weighted by Gasteiger charge is -2.10. The Balaban J connectivity index is 4.23. The maximum atomic E-state index is 8.51. The number of aliphatic hydroxyl groups excluding tert-OH is 1. The molecule has 0 bridgehead atoms. The molecule has 0 fully saturated rings. The van der Waals surface area contributed by atoms with Crippen LogP contribution in [0.3, 0.4) is 0 Å². The Labute approximate surface area is 79.0 Å². The van der Waals surface area contributed by atoms with E-state index >= 15 is 0 Å². The molecule has 0 radical (unpaired) electrons. The fourth-order valence-corrected chi connectivity index (χ4v) is 0.717. The van der Waals surface area contributed by atoms with Gasteiger partial charge in [-0.3, -0.25) is 0 Å². The zero-order chi connectivity index (χ0) is 10.3. The number of rotatable bonds is 6. The lowest BCUT2D eigenvalue weighted by molar-refractivity contribution is 0.131. The second kappa shape index (κ2) is 6.31. The van der Waals surface area contributed by atoms with Gasteiger partial charge >= 0.3 is 0 Å². The van der Waals surface area contributed by atoms with Crippen molar-refractivity contribution in [2.45, 2.75) is 6.92 Å². The van der Waals surface area contributed by atoms with Crippen molar-refractivity contribution >= 4 is 0 Å². The highest BCUT2D eigenvalue weighted by Gasteiger charge is 2.02. The Morgan fingerprint density at radius 1 is 1.46 bits per heavy atom. The number of methoxy groups -OCH3 is 1. The minimum absolute atomic E-state index is 0.0386. The molecule has 0 aromatic heterocycles. The van der Waals surface area contributed by atoms with Crippen molar-refractivity contribution in [2.75, 3.05) is 20.3 Å². The second-order valence-corrected chi connectivity index (χ2v) is 2.55. The lowest BCUT2D eigenvalue weighted by atomic mass is 10.3. The predicted octanol–water partition coefficient (Wildman–Crippen LogP) is 1.62. The summed E-state index contributed by atoms with van der Waals surface area (Å²) in [5.41, 5.74) is 0.852. The van der Waals surface area contributed by atoms with Crippen molar-refractivity contribution in [1.82, 2.24) is 0 Å². The first-order valence-electron chi connectivity index (χ1n) is 3.96.